The molecule has 0 aromatic heterocycles. The van der Waals surface area contributed by atoms with E-state index in [0.29, 0.717) is 29.1 Å². The largest absolute Gasteiger partial charge is 0.393 e. The number of aliphatic hydroxyl groups is 2. The highest BCUT2D eigenvalue weighted by molar-refractivity contribution is 4.79. The third-order valence-electron chi connectivity index (χ3n) is 11.0. The van der Waals surface area contributed by atoms with Crippen LogP contribution in [0.1, 0.15) is 213 Å². The van der Waals surface area contributed by atoms with Crippen LogP contribution in [0.2, 0.25) is 0 Å². The molecule has 0 unspecified atom stereocenters. The van der Waals surface area contributed by atoms with Gasteiger partial charge in [-0.05, 0) is 95.7 Å². The molecule has 2 N–H and O–H groups in total. The summed E-state index contributed by atoms with van der Waals surface area (Å²) >= 11 is 0. The minimum Gasteiger partial charge on any atom is -0.393 e. The Kier molecular flexibility index (Phi) is 40.5. The van der Waals surface area contributed by atoms with Crippen molar-refractivity contribution in [3.8, 4) is 0 Å². The van der Waals surface area contributed by atoms with Gasteiger partial charge in [0.05, 0.1) is 11.7 Å². The quantitative estimate of drug-likeness (QED) is 0.201. The summed E-state index contributed by atoms with van der Waals surface area (Å²) in [5, 5.41) is 18.9. The van der Waals surface area contributed by atoms with Crippen LogP contribution >= 0.6 is 0 Å². The lowest BCUT2D eigenvalue weighted by Crippen LogP contribution is -2.36. The minimum atomic E-state index is -0.500. The van der Waals surface area contributed by atoms with Crippen molar-refractivity contribution in [1.29, 1.82) is 0 Å². The summed E-state index contributed by atoms with van der Waals surface area (Å²) in [6, 6.07) is 0. The molecule has 0 saturated carbocycles. The highest BCUT2D eigenvalue weighted by atomic mass is 16.3. The molecule has 0 saturated heterocycles. The monoisotopic (exact) mass is 703 g/mol. The Morgan fingerprint density at radius 3 is 0.633 bits per heavy atom. The normalized spacial score (nSPS) is 12.2. The highest BCUT2D eigenvalue weighted by Crippen LogP contribution is 2.34. The molecule has 0 spiro atoms. The van der Waals surface area contributed by atoms with Gasteiger partial charge in [0.1, 0.15) is 0 Å². The fourth-order valence-electron chi connectivity index (χ4n) is 4.48. The number of hydrogen-bond acceptors (Lipinski definition) is 2. The van der Waals surface area contributed by atoms with Gasteiger partial charge in [-0.2, -0.15) is 0 Å². The first-order valence-electron chi connectivity index (χ1n) is 21.0. The van der Waals surface area contributed by atoms with E-state index < -0.39 is 5.60 Å². The van der Waals surface area contributed by atoms with E-state index in [1.165, 1.54) is 19.3 Å². The van der Waals surface area contributed by atoms with Gasteiger partial charge in [0.25, 0.3) is 0 Å². The molecule has 0 heterocycles. The SMILES string of the molecule is CC(C)C(C)(C)C(C)C.CC(C)C(C)(O)C(C)C.CC(C)C(C)C(C)C.CC(C)C(O)C(C)C.CC(C)CC(C)C.CC(C)CCC(C)C. The number of aliphatic hydroxyl groups excluding tert-OH is 1. The van der Waals surface area contributed by atoms with Crippen LogP contribution in [0.5, 0.6) is 0 Å². The van der Waals surface area contributed by atoms with Crippen molar-refractivity contribution in [2.45, 2.75) is 225 Å². The topological polar surface area (TPSA) is 40.5 Å². The first kappa shape index (κ1) is 61.0. The van der Waals surface area contributed by atoms with Crippen LogP contribution in [0.3, 0.4) is 0 Å². The van der Waals surface area contributed by atoms with E-state index >= 15 is 0 Å². The maximum Gasteiger partial charge on any atom is 0.0665 e. The van der Waals surface area contributed by atoms with Crippen molar-refractivity contribution in [3.05, 3.63) is 0 Å². The zero-order chi connectivity index (χ0) is 41.2. The van der Waals surface area contributed by atoms with Crippen LogP contribution in [0.25, 0.3) is 0 Å². The summed E-state index contributed by atoms with van der Waals surface area (Å²) in [7, 11) is 0. The number of hydrogen-bond donors (Lipinski definition) is 2. The molecular weight excluding hydrogens is 597 g/mol. The van der Waals surface area contributed by atoms with Crippen LogP contribution in [0.15, 0.2) is 0 Å². The molecule has 2 nitrogen and oxygen atoms in total. The first-order valence-corrected chi connectivity index (χ1v) is 21.0. The molecule has 0 aliphatic rings. The highest BCUT2D eigenvalue weighted by Gasteiger charge is 2.28. The van der Waals surface area contributed by atoms with E-state index in [9.17, 15) is 10.2 Å². The van der Waals surface area contributed by atoms with E-state index in [2.05, 4.69) is 132 Å². The Labute approximate surface area is 316 Å². The molecule has 0 aliphatic heterocycles. The van der Waals surface area contributed by atoms with Crippen molar-refractivity contribution in [2.24, 2.45) is 82.3 Å². The molecule has 0 fully saturated rings. The lowest BCUT2D eigenvalue weighted by molar-refractivity contribution is -0.0289. The van der Waals surface area contributed by atoms with Gasteiger partial charge >= 0.3 is 0 Å². The van der Waals surface area contributed by atoms with Gasteiger partial charge in [0, 0.05) is 0 Å². The number of rotatable bonds is 13. The summed E-state index contributed by atoms with van der Waals surface area (Å²) in [5.74, 6) is 9.14. The van der Waals surface area contributed by atoms with Crippen LogP contribution in [0.4, 0.5) is 0 Å². The van der Waals surface area contributed by atoms with Gasteiger partial charge < -0.3 is 10.2 Å². The Hall–Kier alpha value is -0.0800. The van der Waals surface area contributed by atoms with Gasteiger partial charge in [0.2, 0.25) is 0 Å². The van der Waals surface area contributed by atoms with Crippen LogP contribution in [0, 0.1) is 82.3 Å². The fraction of sp³-hybridized carbons (Fsp3) is 1.00. The third-order valence-corrected chi connectivity index (χ3v) is 11.0. The lowest BCUT2D eigenvalue weighted by atomic mass is 9.72. The molecule has 0 rings (SSSR count). The maximum atomic E-state index is 9.67. The van der Waals surface area contributed by atoms with E-state index in [4.69, 9.17) is 0 Å². The molecule has 0 aromatic rings. The molecule has 0 aromatic carbocycles. The average molecular weight is 703 g/mol. The van der Waals surface area contributed by atoms with Gasteiger partial charge in [-0.15, -0.1) is 0 Å². The zero-order valence-electron chi connectivity index (χ0n) is 40.1. The Balaban J connectivity index is -0.000000113. The van der Waals surface area contributed by atoms with Gasteiger partial charge in [-0.25, -0.2) is 0 Å². The average Bonchev–Trinajstić information content (AvgIpc) is 2.91. The third kappa shape index (κ3) is 42.2. The summed E-state index contributed by atoms with van der Waals surface area (Å²) in [5.41, 5.74) is 0.000000000000000222. The molecule has 49 heavy (non-hydrogen) atoms. The lowest BCUT2D eigenvalue weighted by Gasteiger charge is -2.33. The Morgan fingerprint density at radius 2 is 0.612 bits per heavy atom. The molecule has 306 valence electrons. The van der Waals surface area contributed by atoms with Crippen molar-refractivity contribution >= 4 is 0 Å². The van der Waals surface area contributed by atoms with Crippen molar-refractivity contribution < 1.29 is 10.2 Å². The molecule has 0 atom stereocenters. The summed E-state index contributed by atoms with van der Waals surface area (Å²) in [6.07, 6.45) is 4.00. The zero-order valence-corrected chi connectivity index (χ0v) is 40.1. The van der Waals surface area contributed by atoms with E-state index in [-0.39, 0.29) is 6.10 Å². The van der Waals surface area contributed by atoms with E-state index in [1.807, 2.05) is 62.3 Å². The van der Waals surface area contributed by atoms with Crippen LogP contribution in [-0.4, -0.2) is 21.9 Å². The molecular formula is C47H106O2. The predicted octanol–water partition coefficient (Wildman–Crippen LogP) is 15.7. The minimum absolute atomic E-state index is 0.130. The second-order valence-corrected chi connectivity index (χ2v) is 20.4. The first-order chi connectivity index (χ1) is 21.6. The fourth-order valence-corrected chi connectivity index (χ4v) is 4.48. The van der Waals surface area contributed by atoms with Gasteiger partial charge in [-0.3, -0.25) is 0 Å². The van der Waals surface area contributed by atoms with Gasteiger partial charge in [0.15, 0.2) is 0 Å². The van der Waals surface area contributed by atoms with E-state index in [1.54, 1.807) is 0 Å². The molecule has 0 amide bonds. The second kappa shape index (κ2) is 32.6. The van der Waals surface area contributed by atoms with Crippen molar-refractivity contribution in [2.75, 3.05) is 0 Å². The molecule has 0 bridgehead atoms. The summed E-state index contributed by atoms with van der Waals surface area (Å²) < 4.78 is 0. The van der Waals surface area contributed by atoms with E-state index in [0.717, 1.165) is 53.3 Å². The Bertz CT molecular complexity index is 553. The molecule has 0 aliphatic carbocycles. The Morgan fingerprint density at radius 1 is 0.367 bits per heavy atom. The molecule has 2 heteroatoms. The van der Waals surface area contributed by atoms with Gasteiger partial charge in [-0.1, -0.05) is 200 Å². The summed E-state index contributed by atoms with van der Waals surface area (Å²) in [6.45, 7) is 61.6. The van der Waals surface area contributed by atoms with Crippen LogP contribution < -0.4 is 0 Å². The second-order valence-electron chi connectivity index (χ2n) is 20.4. The predicted molar refractivity (Wildman–Crippen MR) is 231 cm³/mol. The molecule has 0 radical (unpaired) electrons. The smallest absolute Gasteiger partial charge is 0.0665 e. The maximum absolute atomic E-state index is 9.67. The van der Waals surface area contributed by atoms with Crippen LogP contribution in [-0.2, 0) is 0 Å². The van der Waals surface area contributed by atoms with Crippen molar-refractivity contribution in [3.63, 3.8) is 0 Å². The van der Waals surface area contributed by atoms with Crippen molar-refractivity contribution in [1.82, 2.24) is 0 Å². The standard InChI is InChI=1S/C9H20.C8H18O.2C8H18.C7H16O.C7H16/c1-7(2)9(5,6)8(3)4;1-6(2)8(5,9)7(3)4;1-7(2)5-6-8(3)4;1-6(2)8(5)7(3)4;1-5(2)7(8)6(3)4;1-6(2)5-7(3)4/h7-8H,1-6H3;6-7,9H,1-5H3;7-8H,5-6H2,1-4H3;6-8H,1-5H3;5-8H,1-4H3;6-7H,5H2,1-4H3. The summed E-state index contributed by atoms with van der Waals surface area (Å²) in [4.78, 5) is 0.